The highest BCUT2D eigenvalue weighted by Crippen LogP contribution is 2.19. The van der Waals surface area contributed by atoms with Gasteiger partial charge in [-0.3, -0.25) is 14.9 Å². The quantitative estimate of drug-likeness (QED) is 0.562. The van der Waals surface area contributed by atoms with Crippen LogP contribution in [0.1, 0.15) is 12.5 Å². The smallest absolute Gasteiger partial charge is 0.249 e. The Morgan fingerprint density at radius 2 is 2.13 bits per heavy atom. The van der Waals surface area contributed by atoms with Crippen molar-refractivity contribution in [3.8, 4) is 0 Å². The van der Waals surface area contributed by atoms with Gasteiger partial charge in [-0.15, -0.1) is 0 Å². The minimum Gasteiger partial charge on any atom is -0.361 e. The van der Waals surface area contributed by atoms with Crippen LogP contribution in [0, 0.1) is 0 Å². The molecule has 0 saturated carbocycles. The zero-order chi connectivity index (χ0) is 16.2. The van der Waals surface area contributed by atoms with E-state index >= 15 is 0 Å². The zero-order valence-electron chi connectivity index (χ0n) is 12.5. The molecule has 1 atom stereocenters. The number of hydrogen-bond acceptors (Lipinski definition) is 4. The second kappa shape index (κ2) is 6.30. The highest BCUT2D eigenvalue weighted by atomic mass is 16.2. The minimum absolute atomic E-state index is 0.240. The molecule has 0 radical (unpaired) electrons. The Balaban J connectivity index is 1.81. The highest BCUT2D eigenvalue weighted by Gasteiger charge is 2.22. The van der Waals surface area contributed by atoms with Crippen molar-refractivity contribution in [2.45, 2.75) is 19.4 Å². The monoisotopic (exact) mass is 312 g/mol. The van der Waals surface area contributed by atoms with Crippen LogP contribution in [0.4, 0.5) is 5.95 Å². The summed E-state index contributed by atoms with van der Waals surface area (Å²) in [6.07, 6.45) is 3.51. The molecule has 8 nitrogen and oxygen atoms in total. The van der Waals surface area contributed by atoms with Gasteiger partial charge in [0, 0.05) is 30.4 Å². The molecule has 2 aromatic heterocycles. The number of para-hydroxylation sites is 1. The first-order valence-electron chi connectivity index (χ1n) is 7.12. The third-order valence-electron chi connectivity index (χ3n) is 3.45. The summed E-state index contributed by atoms with van der Waals surface area (Å²) in [5.74, 6) is -0.394. The summed E-state index contributed by atoms with van der Waals surface area (Å²) >= 11 is 0. The molecule has 3 rings (SSSR count). The van der Waals surface area contributed by atoms with Crippen LogP contribution < -0.4 is 10.6 Å². The molecular weight excluding hydrogens is 296 g/mol. The fourth-order valence-corrected chi connectivity index (χ4v) is 2.44. The van der Waals surface area contributed by atoms with Gasteiger partial charge in [0.05, 0.1) is 0 Å². The number of amides is 2. The lowest BCUT2D eigenvalue weighted by Gasteiger charge is -2.16. The summed E-state index contributed by atoms with van der Waals surface area (Å²) in [5.41, 5.74) is 1.94. The van der Waals surface area contributed by atoms with Crippen molar-refractivity contribution in [1.82, 2.24) is 25.5 Å². The van der Waals surface area contributed by atoms with Crippen molar-refractivity contribution in [2.75, 3.05) is 5.32 Å². The zero-order valence-corrected chi connectivity index (χ0v) is 12.5. The molecule has 0 spiro atoms. The first-order valence-corrected chi connectivity index (χ1v) is 7.12. The van der Waals surface area contributed by atoms with Crippen LogP contribution in [0.15, 0.2) is 36.8 Å². The van der Waals surface area contributed by atoms with Gasteiger partial charge in [0.25, 0.3) is 0 Å². The summed E-state index contributed by atoms with van der Waals surface area (Å²) < 4.78 is 0. The number of hydrogen-bond donors (Lipinski definition) is 4. The number of aromatic amines is 2. The van der Waals surface area contributed by atoms with Crippen LogP contribution >= 0.6 is 0 Å². The molecule has 118 valence electrons. The van der Waals surface area contributed by atoms with Gasteiger partial charge in [-0.05, 0) is 11.6 Å². The molecule has 0 aliphatic carbocycles. The Morgan fingerprint density at radius 3 is 2.87 bits per heavy atom. The SMILES string of the molecule is CC(=O)NC(Cc1c[nH]c2ccccc12)C(=O)Nc1ncn[nH]1. The standard InChI is InChI=1S/C15H16N6O2/c1-9(22)19-13(14(23)20-15-17-8-18-21-15)6-10-7-16-12-5-3-2-4-11(10)12/h2-5,7-8,13,16H,6H2,1H3,(H,19,22)(H2,17,18,20,21,23). The summed E-state index contributed by atoms with van der Waals surface area (Å²) in [6, 6.07) is 7.09. The molecule has 2 amide bonds. The molecule has 1 unspecified atom stereocenters. The molecule has 0 saturated heterocycles. The second-order valence-electron chi connectivity index (χ2n) is 5.14. The lowest BCUT2D eigenvalue weighted by molar-refractivity contribution is -0.125. The number of rotatable bonds is 5. The van der Waals surface area contributed by atoms with Crippen molar-refractivity contribution >= 4 is 28.7 Å². The van der Waals surface area contributed by atoms with E-state index in [1.54, 1.807) is 0 Å². The molecule has 1 aromatic carbocycles. The third kappa shape index (κ3) is 3.37. The third-order valence-corrected chi connectivity index (χ3v) is 3.45. The molecule has 4 N–H and O–H groups in total. The normalized spacial score (nSPS) is 12.0. The maximum atomic E-state index is 12.4. The van der Waals surface area contributed by atoms with E-state index in [1.165, 1.54) is 13.3 Å². The molecule has 23 heavy (non-hydrogen) atoms. The Bertz CT molecular complexity index is 823. The van der Waals surface area contributed by atoms with Gasteiger partial charge in [0.15, 0.2) is 0 Å². The number of fused-ring (bicyclic) bond motifs is 1. The van der Waals surface area contributed by atoms with Crippen LogP contribution in [0.25, 0.3) is 10.9 Å². The van der Waals surface area contributed by atoms with E-state index in [1.807, 2.05) is 30.5 Å². The van der Waals surface area contributed by atoms with E-state index in [-0.39, 0.29) is 17.8 Å². The second-order valence-corrected chi connectivity index (χ2v) is 5.14. The largest absolute Gasteiger partial charge is 0.361 e. The number of carbonyl (C=O) groups is 2. The highest BCUT2D eigenvalue weighted by molar-refractivity contribution is 5.96. The number of H-pyrrole nitrogens is 2. The van der Waals surface area contributed by atoms with Gasteiger partial charge in [-0.25, -0.2) is 5.10 Å². The van der Waals surface area contributed by atoms with Crippen LogP contribution in [0.2, 0.25) is 0 Å². The van der Waals surface area contributed by atoms with Gasteiger partial charge < -0.3 is 10.3 Å². The predicted octanol–water partition coefficient (Wildman–Crippen LogP) is 0.972. The first kappa shape index (κ1) is 14.8. The average molecular weight is 312 g/mol. The summed E-state index contributed by atoms with van der Waals surface area (Å²) in [7, 11) is 0. The van der Waals surface area contributed by atoms with Crippen LogP contribution in [-0.2, 0) is 16.0 Å². The van der Waals surface area contributed by atoms with Gasteiger partial charge in [-0.2, -0.15) is 10.1 Å². The van der Waals surface area contributed by atoms with E-state index in [9.17, 15) is 9.59 Å². The van der Waals surface area contributed by atoms with Gasteiger partial charge in [0.1, 0.15) is 12.4 Å². The van der Waals surface area contributed by atoms with Crippen molar-refractivity contribution in [2.24, 2.45) is 0 Å². The number of nitrogens with zero attached hydrogens (tertiary/aromatic N) is 2. The molecule has 0 aliphatic heterocycles. The fraction of sp³-hybridized carbons (Fsp3) is 0.200. The van der Waals surface area contributed by atoms with Crippen LogP contribution in [0.3, 0.4) is 0 Å². The number of anilines is 1. The number of aromatic nitrogens is 4. The summed E-state index contributed by atoms with van der Waals surface area (Å²) in [5, 5.41) is 12.5. The van der Waals surface area contributed by atoms with Crippen LogP contribution in [0.5, 0.6) is 0 Å². The maximum Gasteiger partial charge on any atom is 0.249 e. The van der Waals surface area contributed by atoms with Gasteiger partial charge >= 0.3 is 0 Å². The van der Waals surface area contributed by atoms with Crippen molar-refractivity contribution in [3.63, 3.8) is 0 Å². The number of nitrogens with one attached hydrogen (secondary N) is 4. The fourth-order valence-electron chi connectivity index (χ4n) is 2.44. The lowest BCUT2D eigenvalue weighted by Crippen LogP contribution is -2.44. The van der Waals surface area contributed by atoms with E-state index in [0.29, 0.717) is 6.42 Å². The van der Waals surface area contributed by atoms with E-state index < -0.39 is 6.04 Å². The number of carbonyl (C=O) groups excluding carboxylic acids is 2. The van der Waals surface area contributed by atoms with Crippen molar-refractivity contribution < 1.29 is 9.59 Å². The topological polar surface area (TPSA) is 116 Å². The Morgan fingerprint density at radius 1 is 1.30 bits per heavy atom. The van der Waals surface area contributed by atoms with Crippen molar-refractivity contribution in [3.05, 3.63) is 42.4 Å². The van der Waals surface area contributed by atoms with Crippen LogP contribution in [-0.4, -0.2) is 38.0 Å². The first-order chi connectivity index (χ1) is 11.1. The van der Waals surface area contributed by atoms with E-state index in [2.05, 4.69) is 30.8 Å². The molecule has 0 aliphatic rings. The molecular formula is C15H16N6O2. The number of benzene rings is 1. The predicted molar refractivity (Wildman–Crippen MR) is 84.6 cm³/mol. The Kier molecular flexibility index (Phi) is 4.05. The van der Waals surface area contributed by atoms with Gasteiger partial charge in [0.2, 0.25) is 17.8 Å². The molecule has 2 heterocycles. The van der Waals surface area contributed by atoms with Crippen molar-refractivity contribution in [1.29, 1.82) is 0 Å². The molecule has 0 bridgehead atoms. The Hall–Kier alpha value is -3.16. The van der Waals surface area contributed by atoms with E-state index in [4.69, 9.17) is 0 Å². The van der Waals surface area contributed by atoms with Gasteiger partial charge in [-0.1, -0.05) is 18.2 Å². The summed E-state index contributed by atoms with van der Waals surface area (Å²) in [6.45, 7) is 1.38. The maximum absolute atomic E-state index is 12.4. The van der Waals surface area contributed by atoms with E-state index in [0.717, 1.165) is 16.5 Å². The minimum atomic E-state index is -0.711. The molecule has 0 fully saturated rings. The molecule has 3 aromatic rings. The molecule has 8 heteroatoms. The Labute approximate surface area is 131 Å². The lowest BCUT2D eigenvalue weighted by atomic mass is 10.0. The summed E-state index contributed by atoms with van der Waals surface area (Å²) in [4.78, 5) is 30.8. The average Bonchev–Trinajstić information content (AvgIpc) is 3.16.